The topological polar surface area (TPSA) is 13.1 Å². The Kier molecular flexibility index (Phi) is 4.92. The van der Waals surface area contributed by atoms with E-state index < -0.39 is 0 Å². The molecule has 2 aromatic carbocycles. The van der Waals surface area contributed by atoms with Gasteiger partial charge in [0.1, 0.15) is 18.4 Å². The zero-order valence-electron chi connectivity index (χ0n) is 19.4. The van der Waals surface area contributed by atoms with Gasteiger partial charge in [0.15, 0.2) is 6.20 Å². The Balaban J connectivity index is 1.57. The minimum atomic E-state index is 0.0313. The molecule has 3 aromatic rings. The van der Waals surface area contributed by atoms with Gasteiger partial charge in [-0.25, -0.2) is 4.57 Å². The molecular formula is C29H34NO+. The van der Waals surface area contributed by atoms with Gasteiger partial charge in [-0.15, -0.1) is 0 Å². The molecule has 2 heterocycles. The number of ether oxygens (including phenoxy) is 1. The SMILES string of the molecule is Cc1ccc(-c2ccc3c(c2)OC2(CCCCC2)CC3(C)C)cc1-c1cccc[n+]1C. The molecular weight excluding hydrogens is 378 g/mol. The highest BCUT2D eigenvalue weighted by Crippen LogP contribution is 2.50. The summed E-state index contributed by atoms with van der Waals surface area (Å²) in [6.07, 6.45) is 9.56. The van der Waals surface area contributed by atoms with E-state index in [1.54, 1.807) is 0 Å². The van der Waals surface area contributed by atoms with Gasteiger partial charge in [0.2, 0.25) is 5.69 Å². The van der Waals surface area contributed by atoms with Gasteiger partial charge < -0.3 is 4.74 Å². The molecule has 1 spiro atoms. The maximum atomic E-state index is 6.81. The van der Waals surface area contributed by atoms with Crippen molar-refractivity contribution in [3.05, 3.63) is 71.9 Å². The first-order valence-corrected chi connectivity index (χ1v) is 11.8. The van der Waals surface area contributed by atoms with Crippen molar-refractivity contribution >= 4 is 0 Å². The molecule has 1 fully saturated rings. The Morgan fingerprint density at radius 2 is 1.61 bits per heavy atom. The lowest BCUT2D eigenvalue weighted by Gasteiger charge is -2.48. The highest BCUT2D eigenvalue weighted by Gasteiger charge is 2.45. The Bertz CT molecular complexity index is 1120. The molecule has 0 saturated heterocycles. The first-order chi connectivity index (χ1) is 14.9. The Morgan fingerprint density at radius 3 is 2.39 bits per heavy atom. The van der Waals surface area contributed by atoms with Crippen LogP contribution < -0.4 is 9.30 Å². The van der Waals surface area contributed by atoms with E-state index in [4.69, 9.17) is 4.74 Å². The standard InChI is InChI=1S/C29H34NO/c1-21-11-12-22(18-24(21)26-10-6-9-17-30(26)4)23-13-14-25-27(19-23)31-29(20-28(25,2)3)15-7-5-8-16-29/h6,9-14,17-19H,5,7-8,15-16,20H2,1-4H3/q+1. The van der Waals surface area contributed by atoms with Crippen LogP contribution in [0.1, 0.15) is 63.5 Å². The molecule has 0 atom stereocenters. The maximum absolute atomic E-state index is 6.81. The molecule has 0 radical (unpaired) electrons. The number of hydrogen-bond acceptors (Lipinski definition) is 1. The fourth-order valence-corrected chi connectivity index (χ4v) is 5.87. The second-order valence-corrected chi connectivity index (χ2v) is 10.3. The second kappa shape index (κ2) is 7.51. The summed E-state index contributed by atoms with van der Waals surface area (Å²) in [5, 5.41) is 0. The van der Waals surface area contributed by atoms with E-state index in [1.807, 2.05) is 0 Å². The third-order valence-electron chi connectivity index (χ3n) is 7.47. The molecule has 5 rings (SSSR count). The number of pyridine rings is 1. The zero-order chi connectivity index (χ0) is 21.6. The van der Waals surface area contributed by atoms with Gasteiger partial charge in [0.25, 0.3) is 0 Å². The number of aryl methyl sites for hydroxylation is 2. The van der Waals surface area contributed by atoms with Crippen LogP contribution in [0.15, 0.2) is 60.8 Å². The highest BCUT2D eigenvalue weighted by atomic mass is 16.5. The summed E-state index contributed by atoms with van der Waals surface area (Å²) in [7, 11) is 2.11. The van der Waals surface area contributed by atoms with E-state index in [9.17, 15) is 0 Å². The van der Waals surface area contributed by atoms with Crippen LogP contribution in [-0.2, 0) is 12.5 Å². The summed E-state index contributed by atoms with van der Waals surface area (Å²) < 4.78 is 9.00. The van der Waals surface area contributed by atoms with E-state index in [2.05, 4.69) is 93.2 Å². The molecule has 1 aromatic heterocycles. The van der Waals surface area contributed by atoms with Crippen molar-refractivity contribution < 1.29 is 9.30 Å². The van der Waals surface area contributed by atoms with Crippen LogP contribution >= 0.6 is 0 Å². The van der Waals surface area contributed by atoms with Gasteiger partial charge in [-0.1, -0.05) is 44.5 Å². The first-order valence-electron chi connectivity index (χ1n) is 11.8. The molecule has 2 heteroatoms. The number of rotatable bonds is 2. The molecule has 1 aliphatic heterocycles. The van der Waals surface area contributed by atoms with Crippen molar-refractivity contribution in [2.45, 2.75) is 70.3 Å². The lowest BCUT2D eigenvalue weighted by atomic mass is 9.68. The summed E-state index contributed by atoms with van der Waals surface area (Å²) in [5.74, 6) is 1.10. The molecule has 31 heavy (non-hydrogen) atoms. The highest BCUT2D eigenvalue weighted by molar-refractivity contribution is 5.74. The molecule has 0 N–H and O–H groups in total. The van der Waals surface area contributed by atoms with Gasteiger partial charge >= 0.3 is 0 Å². The maximum Gasteiger partial charge on any atom is 0.212 e. The van der Waals surface area contributed by atoms with E-state index >= 15 is 0 Å². The van der Waals surface area contributed by atoms with Crippen LogP contribution in [0.4, 0.5) is 0 Å². The zero-order valence-corrected chi connectivity index (χ0v) is 19.4. The minimum absolute atomic E-state index is 0.0313. The van der Waals surface area contributed by atoms with Crippen LogP contribution in [0.5, 0.6) is 5.75 Å². The molecule has 2 aliphatic rings. The molecule has 2 nitrogen and oxygen atoms in total. The predicted molar refractivity (Wildman–Crippen MR) is 127 cm³/mol. The van der Waals surface area contributed by atoms with Crippen molar-refractivity contribution in [3.63, 3.8) is 0 Å². The third-order valence-corrected chi connectivity index (χ3v) is 7.47. The van der Waals surface area contributed by atoms with Crippen molar-refractivity contribution in [1.82, 2.24) is 0 Å². The summed E-state index contributed by atoms with van der Waals surface area (Å²) in [5.41, 5.74) is 7.83. The van der Waals surface area contributed by atoms with E-state index in [1.165, 1.54) is 65.6 Å². The van der Waals surface area contributed by atoms with Crippen LogP contribution in [-0.4, -0.2) is 5.60 Å². The summed E-state index contributed by atoms with van der Waals surface area (Å²) in [6, 6.07) is 20.1. The van der Waals surface area contributed by atoms with Gasteiger partial charge in [-0.05, 0) is 84.9 Å². The molecule has 0 amide bonds. The monoisotopic (exact) mass is 412 g/mol. The molecule has 0 unspecified atom stereocenters. The number of nitrogens with zero attached hydrogens (tertiary/aromatic N) is 1. The summed E-state index contributed by atoms with van der Waals surface area (Å²) in [4.78, 5) is 0. The second-order valence-electron chi connectivity index (χ2n) is 10.3. The molecule has 160 valence electrons. The number of fused-ring (bicyclic) bond motifs is 1. The van der Waals surface area contributed by atoms with Crippen LogP contribution in [0.2, 0.25) is 0 Å². The molecule has 0 bridgehead atoms. The lowest BCUT2D eigenvalue weighted by Crippen LogP contribution is -2.47. The average molecular weight is 413 g/mol. The van der Waals surface area contributed by atoms with Crippen molar-refractivity contribution in [2.75, 3.05) is 0 Å². The summed E-state index contributed by atoms with van der Waals surface area (Å²) in [6.45, 7) is 6.98. The Labute approximate surface area is 186 Å². The van der Waals surface area contributed by atoms with Crippen molar-refractivity contribution in [1.29, 1.82) is 0 Å². The van der Waals surface area contributed by atoms with E-state index in [0.717, 1.165) is 12.2 Å². The van der Waals surface area contributed by atoms with Gasteiger partial charge in [0, 0.05) is 17.7 Å². The number of hydrogen-bond donors (Lipinski definition) is 0. The van der Waals surface area contributed by atoms with Crippen LogP contribution in [0, 0.1) is 6.92 Å². The molecule has 1 saturated carbocycles. The lowest BCUT2D eigenvalue weighted by molar-refractivity contribution is -0.660. The fourth-order valence-electron chi connectivity index (χ4n) is 5.87. The quantitative estimate of drug-likeness (QED) is 0.417. The number of benzene rings is 2. The largest absolute Gasteiger partial charge is 0.487 e. The van der Waals surface area contributed by atoms with Crippen molar-refractivity contribution in [3.8, 4) is 28.1 Å². The van der Waals surface area contributed by atoms with E-state index in [-0.39, 0.29) is 11.0 Å². The van der Waals surface area contributed by atoms with E-state index in [0.29, 0.717) is 0 Å². The minimum Gasteiger partial charge on any atom is -0.487 e. The van der Waals surface area contributed by atoms with Gasteiger partial charge in [-0.3, -0.25) is 0 Å². The van der Waals surface area contributed by atoms with Crippen LogP contribution in [0.25, 0.3) is 22.4 Å². The predicted octanol–water partition coefficient (Wildman–Crippen LogP) is 6.92. The number of aromatic nitrogens is 1. The molecule has 1 aliphatic carbocycles. The smallest absolute Gasteiger partial charge is 0.212 e. The normalized spacial score (nSPS) is 19.0. The first kappa shape index (κ1) is 20.3. The fraction of sp³-hybridized carbons (Fsp3) is 0.414. The Hall–Kier alpha value is -2.61. The van der Waals surface area contributed by atoms with Gasteiger partial charge in [-0.2, -0.15) is 0 Å². The third kappa shape index (κ3) is 3.67. The average Bonchev–Trinajstić information content (AvgIpc) is 2.74. The van der Waals surface area contributed by atoms with Crippen LogP contribution in [0.3, 0.4) is 0 Å². The Morgan fingerprint density at radius 1 is 0.871 bits per heavy atom. The summed E-state index contributed by atoms with van der Waals surface area (Å²) >= 11 is 0. The van der Waals surface area contributed by atoms with Gasteiger partial charge in [0.05, 0.1) is 0 Å². The van der Waals surface area contributed by atoms with Crippen molar-refractivity contribution in [2.24, 2.45) is 7.05 Å².